The molecule has 0 unspecified atom stereocenters. The molecule has 0 atom stereocenters. The molecule has 10 heteroatoms. The molecule has 8 nitrogen and oxygen atoms in total. The summed E-state index contributed by atoms with van der Waals surface area (Å²) < 4.78 is 46.2. The summed E-state index contributed by atoms with van der Waals surface area (Å²) in [6.45, 7) is 2.62. The summed E-state index contributed by atoms with van der Waals surface area (Å²) in [6, 6.07) is 10.3. The van der Waals surface area contributed by atoms with Gasteiger partial charge in [0.15, 0.2) is 0 Å². The monoisotopic (exact) mass is 475 g/mol. The van der Waals surface area contributed by atoms with Crippen LogP contribution in [0.15, 0.2) is 47.4 Å². The van der Waals surface area contributed by atoms with Gasteiger partial charge in [0.25, 0.3) is 0 Å². The van der Waals surface area contributed by atoms with Crippen molar-refractivity contribution in [3.8, 4) is 0 Å². The topological polar surface area (TPSA) is 96.0 Å². The number of halogens is 1. The Morgan fingerprint density at radius 2 is 1.67 bits per heavy atom. The summed E-state index contributed by atoms with van der Waals surface area (Å²) in [7, 11) is -3.77. The molecule has 0 spiro atoms. The van der Waals surface area contributed by atoms with Crippen molar-refractivity contribution in [1.82, 2.24) is 9.62 Å². The predicted molar refractivity (Wildman–Crippen MR) is 120 cm³/mol. The van der Waals surface area contributed by atoms with Crippen molar-refractivity contribution in [3.63, 3.8) is 0 Å². The Balaban J connectivity index is 1.37. The van der Waals surface area contributed by atoms with E-state index in [0.717, 1.165) is 5.56 Å². The first-order chi connectivity index (χ1) is 15.8. The second-order valence-electron chi connectivity index (χ2n) is 8.03. The molecule has 0 aliphatic carbocycles. The average Bonchev–Trinajstić information content (AvgIpc) is 3.26. The third kappa shape index (κ3) is 5.58. The highest BCUT2D eigenvalue weighted by atomic mass is 32.2. The Hall–Kier alpha value is -2.82. The van der Waals surface area contributed by atoms with Gasteiger partial charge >= 0.3 is 0 Å². The van der Waals surface area contributed by atoms with Crippen LogP contribution in [0.4, 0.5) is 10.1 Å². The number of amides is 2. The van der Waals surface area contributed by atoms with E-state index >= 15 is 0 Å². The molecule has 2 aliphatic heterocycles. The third-order valence-electron chi connectivity index (χ3n) is 5.85. The largest absolute Gasteiger partial charge is 0.378 e. The predicted octanol–water partition coefficient (Wildman–Crippen LogP) is 1.83. The van der Waals surface area contributed by atoms with Gasteiger partial charge in [-0.3, -0.25) is 9.59 Å². The summed E-state index contributed by atoms with van der Waals surface area (Å²) >= 11 is 0. The van der Waals surface area contributed by atoms with E-state index in [0.29, 0.717) is 50.5 Å². The molecule has 176 valence electrons. The van der Waals surface area contributed by atoms with E-state index in [9.17, 15) is 22.4 Å². The van der Waals surface area contributed by atoms with E-state index in [4.69, 9.17) is 4.74 Å². The minimum atomic E-state index is -3.77. The van der Waals surface area contributed by atoms with Crippen LogP contribution >= 0.6 is 0 Å². The second kappa shape index (κ2) is 9.98. The lowest BCUT2D eigenvalue weighted by Gasteiger charge is -2.27. The second-order valence-corrected chi connectivity index (χ2v) is 9.80. The molecule has 4 rings (SSSR count). The van der Waals surface area contributed by atoms with Crippen molar-refractivity contribution in [2.75, 3.05) is 37.7 Å². The van der Waals surface area contributed by atoms with Crippen LogP contribution in [0.1, 0.15) is 24.0 Å². The Morgan fingerprint density at radius 1 is 0.970 bits per heavy atom. The zero-order valence-electron chi connectivity index (χ0n) is 18.1. The van der Waals surface area contributed by atoms with Crippen molar-refractivity contribution < 1.29 is 27.1 Å². The van der Waals surface area contributed by atoms with Gasteiger partial charge in [-0.1, -0.05) is 12.1 Å². The lowest BCUT2D eigenvalue weighted by atomic mass is 10.2. The minimum Gasteiger partial charge on any atom is -0.378 e. The number of anilines is 1. The van der Waals surface area contributed by atoms with Gasteiger partial charge in [-0.15, -0.1) is 0 Å². The number of rotatable bonds is 7. The molecule has 1 N–H and O–H groups in total. The van der Waals surface area contributed by atoms with Crippen LogP contribution in [0, 0.1) is 5.82 Å². The Morgan fingerprint density at radius 3 is 2.39 bits per heavy atom. The molecule has 1 saturated heterocycles. The number of carbonyl (C=O) groups excluding carboxylic acids is 2. The van der Waals surface area contributed by atoms with E-state index in [-0.39, 0.29) is 41.9 Å². The SMILES string of the molecule is O=C(CCC(=O)N1CCc2cc(S(=O)(=O)NCc3ccc(F)cc3)ccc21)N1CCOCC1. The summed E-state index contributed by atoms with van der Waals surface area (Å²) in [4.78, 5) is 28.5. The molecule has 0 aromatic heterocycles. The van der Waals surface area contributed by atoms with Crippen LogP contribution < -0.4 is 9.62 Å². The van der Waals surface area contributed by atoms with Crippen molar-refractivity contribution in [2.24, 2.45) is 0 Å². The fraction of sp³-hybridized carbons (Fsp3) is 0.391. The van der Waals surface area contributed by atoms with Gasteiger partial charge < -0.3 is 14.5 Å². The maximum Gasteiger partial charge on any atom is 0.240 e. The summed E-state index contributed by atoms with van der Waals surface area (Å²) in [6.07, 6.45) is 0.791. The van der Waals surface area contributed by atoms with E-state index in [1.54, 1.807) is 21.9 Å². The maximum atomic E-state index is 13.0. The Labute approximate surface area is 192 Å². The lowest BCUT2D eigenvalue weighted by molar-refractivity contribution is -0.136. The number of carbonyl (C=O) groups is 2. The number of ether oxygens (including phenoxy) is 1. The van der Waals surface area contributed by atoms with Crippen LogP contribution in [-0.4, -0.2) is 58.0 Å². The molecule has 2 amide bonds. The number of morpholine rings is 1. The van der Waals surface area contributed by atoms with E-state index in [1.807, 2.05) is 0 Å². The van der Waals surface area contributed by atoms with Gasteiger partial charge in [-0.05, 0) is 47.9 Å². The highest BCUT2D eigenvalue weighted by Crippen LogP contribution is 2.31. The third-order valence-corrected chi connectivity index (χ3v) is 7.25. The van der Waals surface area contributed by atoms with Crippen molar-refractivity contribution in [2.45, 2.75) is 30.7 Å². The molecule has 0 radical (unpaired) electrons. The summed E-state index contributed by atoms with van der Waals surface area (Å²) in [5.74, 6) is -0.593. The highest BCUT2D eigenvalue weighted by Gasteiger charge is 2.27. The van der Waals surface area contributed by atoms with Crippen LogP contribution in [0.25, 0.3) is 0 Å². The number of nitrogens with one attached hydrogen (secondary N) is 1. The van der Waals surface area contributed by atoms with Crippen molar-refractivity contribution in [3.05, 3.63) is 59.4 Å². The van der Waals surface area contributed by atoms with Gasteiger partial charge in [0.1, 0.15) is 5.82 Å². The van der Waals surface area contributed by atoms with Crippen molar-refractivity contribution >= 4 is 27.5 Å². The number of hydrogen-bond donors (Lipinski definition) is 1. The zero-order valence-corrected chi connectivity index (χ0v) is 18.9. The first-order valence-electron chi connectivity index (χ1n) is 10.9. The Bertz CT molecular complexity index is 1130. The number of nitrogens with zero attached hydrogens (tertiary/aromatic N) is 2. The highest BCUT2D eigenvalue weighted by molar-refractivity contribution is 7.89. The normalized spacial score (nSPS) is 16.0. The molecule has 2 aromatic rings. The smallest absolute Gasteiger partial charge is 0.240 e. The quantitative estimate of drug-likeness (QED) is 0.659. The molecule has 2 aromatic carbocycles. The van der Waals surface area contributed by atoms with E-state index in [1.165, 1.54) is 30.3 Å². The first kappa shape index (κ1) is 23.3. The van der Waals surface area contributed by atoms with E-state index in [2.05, 4.69) is 4.72 Å². The van der Waals surface area contributed by atoms with Gasteiger partial charge in [-0.25, -0.2) is 17.5 Å². The average molecular weight is 476 g/mol. The van der Waals surface area contributed by atoms with Crippen LogP contribution in [-0.2, 0) is 37.3 Å². The Kier molecular flexibility index (Phi) is 7.06. The number of fused-ring (bicyclic) bond motifs is 1. The summed E-state index contributed by atoms with van der Waals surface area (Å²) in [5, 5.41) is 0. The first-order valence-corrected chi connectivity index (χ1v) is 12.3. The molecule has 1 fully saturated rings. The molecule has 2 heterocycles. The number of hydrogen-bond acceptors (Lipinski definition) is 5. The fourth-order valence-corrected chi connectivity index (χ4v) is 5.06. The van der Waals surface area contributed by atoms with Crippen LogP contribution in [0.2, 0.25) is 0 Å². The zero-order chi connectivity index (χ0) is 23.4. The molecule has 0 bridgehead atoms. The van der Waals surface area contributed by atoms with Gasteiger partial charge in [0, 0.05) is 44.7 Å². The van der Waals surface area contributed by atoms with Crippen LogP contribution in [0.5, 0.6) is 0 Å². The summed E-state index contributed by atoms with van der Waals surface area (Å²) in [5.41, 5.74) is 2.09. The molecule has 2 aliphatic rings. The molecular formula is C23H26FN3O5S. The van der Waals surface area contributed by atoms with Gasteiger partial charge in [0.05, 0.1) is 18.1 Å². The van der Waals surface area contributed by atoms with Gasteiger partial charge in [0.2, 0.25) is 21.8 Å². The molecule has 33 heavy (non-hydrogen) atoms. The number of benzene rings is 2. The standard InChI is InChI=1S/C23H26FN3O5S/c24-19-3-1-17(2-4-19)16-25-33(30,31)20-5-6-21-18(15-20)9-10-27(21)23(29)8-7-22(28)26-11-13-32-14-12-26/h1-6,15,25H,7-14,16H2. The fourth-order valence-electron chi connectivity index (χ4n) is 3.99. The maximum absolute atomic E-state index is 13.0. The van der Waals surface area contributed by atoms with Gasteiger partial charge in [-0.2, -0.15) is 0 Å². The van der Waals surface area contributed by atoms with E-state index < -0.39 is 10.0 Å². The van der Waals surface area contributed by atoms with Crippen LogP contribution in [0.3, 0.4) is 0 Å². The lowest BCUT2D eigenvalue weighted by Crippen LogP contribution is -2.41. The van der Waals surface area contributed by atoms with Crippen molar-refractivity contribution in [1.29, 1.82) is 0 Å². The number of sulfonamides is 1. The minimum absolute atomic E-state index is 0.0431. The molecule has 0 saturated carbocycles. The molecular weight excluding hydrogens is 449 g/mol.